The van der Waals surface area contributed by atoms with Crippen LogP contribution in [0.5, 0.6) is 0 Å². The summed E-state index contributed by atoms with van der Waals surface area (Å²) in [5, 5.41) is 2.54. The Hall–Kier alpha value is -1.66. The first-order valence-corrected chi connectivity index (χ1v) is 8.02. The highest BCUT2D eigenvalue weighted by molar-refractivity contribution is 5.96. The van der Waals surface area contributed by atoms with Crippen molar-refractivity contribution in [1.29, 1.82) is 0 Å². The molecule has 2 amide bonds. The number of nitrogens with one attached hydrogen (secondary N) is 1. The summed E-state index contributed by atoms with van der Waals surface area (Å²) >= 11 is 0. The summed E-state index contributed by atoms with van der Waals surface area (Å²) in [6.45, 7) is 4.90. The number of hydrogen-bond donors (Lipinski definition) is 2. The van der Waals surface area contributed by atoms with Crippen molar-refractivity contribution in [1.82, 2.24) is 4.90 Å². The van der Waals surface area contributed by atoms with E-state index in [2.05, 4.69) is 5.32 Å². The Labute approximate surface area is 148 Å². The molecule has 1 fully saturated rings. The Morgan fingerprint density at radius 2 is 2.12 bits per heavy atom. The van der Waals surface area contributed by atoms with E-state index in [1.54, 1.807) is 11.0 Å². The lowest BCUT2D eigenvalue weighted by atomic mass is 10.1. The number of anilines is 1. The average Bonchev–Trinajstić information content (AvgIpc) is 2.96. The van der Waals surface area contributed by atoms with Crippen LogP contribution in [0.25, 0.3) is 0 Å². The quantitative estimate of drug-likeness (QED) is 0.850. The number of carbonyl (C=O) groups is 2. The molecule has 7 heteroatoms. The van der Waals surface area contributed by atoms with Crippen LogP contribution in [0.1, 0.15) is 43.5 Å². The zero-order valence-corrected chi connectivity index (χ0v) is 14.9. The van der Waals surface area contributed by atoms with E-state index >= 15 is 0 Å². The Morgan fingerprint density at radius 1 is 1.42 bits per heavy atom. The maximum Gasteiger partial charge on any atom is 0.254 e. The van der Waals surface area contributed by atoms with E-state index in [9.17, 15) is 14.0 Å². The molecule has 0 aromatic heterocycles. The highest BCUT2D eigenvalue weighted by Gasteiger charge is 2.28. The van der Waals surface area contributed by atoms with Gasteiger partial charge in [-0.1, -0.05) is 13.8 Å². The van der Waals surface area contributed by atoms with Crippen LogP contribution in [-0.2, 0) is 4.79 Å². The number of nitrogens with zero attached hydrogens (tertiary/aromatic N) is 1. The molecule has 3 N–H and O–H groups in total. The second kappa shape index (κ2) is 8.99. The summed E-state index contributed by atoms with van der Waals surface area (Å²) in [5.41, 5.74) is 6.06. The topological polar surface area (TPSA) is 75.4 Å². The lowest BCUT2D eigenvalue weighted by Gasteiger charge is -2.23. The van der Waals surface area contributed by atoms with Gasteiger partial charge in [0, 0.05) is 31.1 Å². The third kappa shape index (κ3) is 4.92. The van der Waals surface area contributed by atoms with E-state index in [4.69, 9.17) is 5.73 Å². The van der Waals surface area contributed by atoms with E-state index in [0.717, 1.165) is 12.8 Å². The first-order chi connectivity index (χ1) is 10.9. The molecular weight excluding hydrogens is 333 g/mol. The Balaban J connectivity index is 0.00000288. The van der Waals surface area contributed by atoms with Crippen molar-refractivity contribution in [2.75, 3.05) is 18.4 Å². The minimum Gasteiger partial charge on any atom is -0.334 e. The maximum atomic E-state index is 14.2. The zero-order chi connectivity index (χ0) is 17.0. The molecule has 0 radical (unpaired) electrons. The minimum absolute atomic E-state index is 0. The molecule has 0 bridgehead atoms. The van der Waals surface area contributed by atoms with E-state index in [1.807, 2.05) is 13.8 Å². The Bertz CT molecular complexity index is 595. The lowest BCUT2D eigenvalue weighted by molar-refractivity contribution is -0.116. The highest BCUT2D eigenvalue weighted by Crippen LogP contribution is 2.22. The van der Waals surface area contributed by atoms with Gasteiger partial charge in [-0.2, -0.15) is 0 Å². The third-order valence-electron chi connectivity index (χ3n) is 3.99. The fourth-order valence-corrected chi connectivity index (χ4v) is 2.84. The van der Waals surface area contributed by atoms with Gasteiger partial charge in [0.25, 0.3) is 5.91 Å². The molecule has 134 valence electrons. The molecule has 2 rings (SSSR count). The third-order valence-corrected chi connectivity index (χ3v) is 3.99. The predicted molar refractivity (Wildman–Crippen MR) is 94.8 cm³/mol. The van der Waals surface area contributed by atoms with Crippen LogP contribution in [0.4, 0.5) is 10.1 Å². The van der Waals surface area contributed by atoms with E-state index in [1.165, 1.54) is 12.1 Å². The molecule has 1 aliphatic heterocycles. The number of halogens is 2. The number of benzene rings is 1. The van der Waals surface area contributed by atoms with Crippen LogP contribution in [0.15, 0.2) is 18.2 Å². The van der Waals surface area contributed by atoms with Crippen molar-refractivity contribution in [3.05, 3.63) is 29.6 Å². The molecule has 1 unspecified atom stereocenters. The van der Waals surface area contributed by atoms with Crippen LogP contribution in [0, 0.1) is 11.7 Å². The maximum absolute atomic E-state index is 14.2. The van der Waals surface area contributed by atoms with Crippen LogP contribution >= 0.6 is 12.4 Å². The first kappa shape index (κ1) is 20.4. The van der Waals surface area contributed by atoms with Gasteiger partial charge in [-0.25, -0.2) is 4.39 Å². The zero-order valence-electron chi connectivity index (χ0n) is 14.0. The summed E-state index contributed by atoms with van der Waals surface area (Å²) in [4.78, 5) is 25.9. The van der Waals surface area contributed by atoms with Gasteiger partial charge in [0.05, 0.1) is 5.69 Å². The van der Waals surface area contributed by atoms with E-state index in [0.29, 0.717) is 19.5 Å². The minimum atomic E-state index is -0.601. The van der Waals surface area contributed by atoms with Crippen molar-refractivity contribution in [2.24, 2.45) is 11.7 Å². The van der Waals surface area contributed by atoms with Gasteiger partial charge < -0.3 is 16.0 Å². The van der Waals surface area contributed by atoms with Crippen LogP contribution < -0.4 is 11.1 Å². The number of amides is 2. The molecule has 24 heavy (non-hydrogen) atoms. The highest BCUT2D eigenvalue weighted by atomic mass is 35.5. The molecule has 1 aromatic rings. The summed E-state index contributed by atoms with van der Waals surface area (Å²) in [6.07, 6.45) is 2.12. The SMILES string of the molecule is CC(C)CC(=O)Nc1ccc(C(=O)N2CCCC2CN)cc1F.Cl. The molecule has 1 atom stereocenters. The van der Waals surface area contributed by atoms with Crippen LogP contribution in [0.3, 0.4) is 0 Å². The van der Waals surface area contributed by atoms with Gasteiger partial charge in [-0.3, -0.25) is 9.59 Å². The van der Waals surface area contributed by atoms with Crippen molar-refractivity contribution in [2.45, 2.75) is 39.2 Å². The molecule has 0 spiro atoms. The predicted octanol–water partition coefficient (Wildman–Crippen LogP) is 2.80. The van der Waals surface area contributed by atoms with Gasteiger partial charge in [0.15, 0.2) is 0 Å². The normalized spacial score (nSPS) is 16.9. The Morgan fingerprint density at radius 3 is 2.71 bits per heavy atom. The summed E-state index contributed by atoms with van der Waals surface area (Å²) in [6, 6.07) is 4.19. The van der Waals surface area contributed by atoms with Crippen molar-refractivity contribution in [3.8, 4) is 0 Å². The number of likely N-dealkylation sites (tertiary alicyclic amines) is 1. The largest absolute Gasteiger partial charge is 0.334 e. The van der Waals surface area contributed by atoms with E-state index < -0.39 is 5.82 Å². The standard InChI is InChI=1S/C17H24FN3O2.ClH/c1-11(2)8-16(22)20-15-6-5-12(9-14(15)18)17(23)21-7-3-4-13(21)10-19;/h5-6,9,11,13H,3-4,7-8,10,19H2,1-2H3,(H,20,22);1H. The van der Waals surface area contributed by atoms with Crippen molar-refractivity contribution < 1.29 is 14.0 Å². The van der Waals surface area contributed by atoms with Crippen LogP contribution in [0.2, 0.25) is 0 Å². The molecule has 5 nitrogen and oxygen atoms in total. The number of carbonyl (C=O) groups excluding carboxylic acids is 2. The molecule has 0 aliphatic carbocycles. The fourth-order valence-electron chi connectivity index (χ4n) is 2.84. The van der Waals surface area contributed by atoms with Gasteiger partial charge in [-0.05, 0) is 37.0 Å². The number of hydrogen-bond acceptors (Lipinski definition) is 3. The average molecular weight is 358 g/mol. The monoisotopic (exact) mass is 357 g/mol. The Kier molecular flexibility index (Phi) is 7.63. The second-order valence-corrected chi connectivity index (χ2v) is 6.37. The fraction of sp³-hybridized carbons (Fsp3) is 0.529. The van der Waals surface area contributed by atoms with Crippen LogP contribution in [-0.4, -0.2) is 35.8 Å². The molecule has 1 aliphatic rings. The molecule has 1 heterocycles. The summed E-state index contributed by atoms with van der Waals surface area (Å²) in [7, 11) is 0. The van der Waals surface area contributed by atoms with Gasteiger partial charge in [0.1, 0.15) is 5.82 Å². The van der Waals surface area contributed by atoms with Crippen molar-refractivity contribution in [3.63, 3.8) is 0 Å². The van der Waals surface area contributed by atoms with E-state index in [-0.39, 0.29) is 47.4 Å². The molecule has 0 saturated carbocycles. The first-order valence-electron chi connectivity index (χ1n) is 8.02. The number of rotatable bonds is 5. The number of nitrogens with two attached hydrogens (primary N) is 1. The molecular formula is C17H25ClFN3O2. The second-order valence-electron chi connectivity index (χ2n) is 6.37. The lowest BCUT2D eigenvalue weighted by Crippen LogP contribution is -2.39. The van der Waals surface area contributed by atoms with Gasteiger partial charge >= 0.3 is 0 Å². The van der Waals surface area contributed by atoms with Gasteiger partial charge in [-0.15, -0.1) is 12.4 Å². The molecule has 1 saturated heterocycles. The molecule has 1 aromatic carbocycles. The summed E-state index contributed by atoms with van der Waals surface area (Å²) < 4.78 is 14.2. The summed E-state index contributed by atoms with van der Waals surface area (Å²) in [5.74, 6) is -0.851. The van der Waals surface area contributed by atoms with Crippen molar-refractivity contribution >= 4 is 29.9 Å². The van der Waals surface area contributed by atoms with Gasteiger partial charge in [0.2, 0.25) is 5.91 Å². The smallest absolute Gasteiger partial charge is 0.254 e.